The topological polar surface area (TPSA) is 0 Å². The summed E-state index contributed by atoms with van der Waals surface area (Å²) in [6.07, 6.45) is 6.45. The van der Waals surface area contributed by atoms with Crippen LogP contribution in [-0.2, 0) is 11.8 Å². The highest BCUT2D eigenvalue weighted by atomic mass is 32.9. The molecule has 0 amide bonds. The number of thiol groups is 1. The highest BCUT2D eigenvalue weighted by Gasteiger charge is 2.13. The molecule has 2 unspecified atom stereocenters. The van der Waals surface area contributed by atoms with Crippen LogP contribution in [0.5, 0.6) is 0 Å². The van der Waals surface area contributed by atoms with E-state index in [0.29, 0.717) is 0 Å². The minimum atomic E-state index is -0.384. The molecule has 0 saturated heterocycles. The van der Waals surface area contributed by atoms with E-state index in [1.165, 1.54) is 31.8 Å². The first-order valence-corrected chi connectivity index (χ1v) is 8.03. The van der Waals surface area contributed by atoms with Crippen LogP contribution in [0.4, 0.5) is 0 Å². The molecule has 0 aromatic heterocycles. The Kier molecular flexibility index (Phi) is 8.11. The molecule has 0 N–H and O–H groups in total. The van der Waals surface area contributed by atoms with E-state index in [9.17, 15) is 0 Å². The fraction of sp³-hybridized carbons (Fsp3) is 1.00. The van der Waals surface area contributed by atoms with Crippen molar-refractivity contribution in [3.63, 3.8) is 0 Å². The lowest BCUT2D eigenvalue weighted by molar-refractivity contribution is 0.499. The van der Waals surface area contributed by atoms with E-state index in [4.69, 9.17) is 11.8 Å². The summed E-state index contributed by atoms with van der Waals surface area (Å²) < 4.78 is 0. The molecular weight excluding hydrogens is 191 g/mol. The van der Waals surface area contributed by atoms with Crippen LogP contribution in [-0.4, -0.2) is 6.16 Å². The molecule has 0 heterocycles. The molecule has 11 heavy (non-hydrogen) atoms. The fourth-order valence-electron chi connectivity index (χ4n) is 1.14. The quantitative estimate of drug-likeness (QED) is 0.510. The van der Waals surface area contributed by atoms with E-state index >= 15 is 0 Å². The van der Waals surface area contributed by atoms with Gasteiger partial charge in [0.1, 0.15) is 6.16 Å². The average Bonchev–Trinajstić information content (AvgIpc) is 1.97. The standard InChI is InChI=1S/C8H17PS2/c1-3-5-6-8(4-2)7-9(10)11/h8H,3-7H2,1-2H3/p+1. The van der Waals surface area contributed by atoms with Crippen molar-refractivity contribution >= 4 is 30.0 Å². The van der Waals surface area contributed by atoms with E-state index in [-0.39, 0.29) is 5.90 Å². The van der Waals surface area contributed by atoms with E-state index < -0.39 is 0 Å². The summed E-state index contributed by atoms with van der Waals surface area (Å²) in [6.45, 7) is 4.49. The predicted molar refractivity (Wildman–Crippen MR) is 61.4 cm³/mol. The van der Waals surface area contributed by atoms with Crippen LogP contribution in [0.15, 0.2) is 0 Å². The summed E-state index contributed by atoms with van der Waals surface area (Å²) in [5.41, 5.74) is 0. The van der Waals surface area contributed by atoms with Gasteiger partial charge in [0.2, 0.25) is 5.90 Å². The van der Waals surface area contributed by atoms with Crippen LogP contribution in [0.3, 0.4) is 0 Å². The Morgan fingerprint density at radius 3 is 2.45 bits per heavy atom. The molecule has 0 spiro atoms. The van der Waals surface area contributed by atoms with Gasteiger partial charge >= 0.3 is 0 Å². The highest BCUT2D eigenvalue weighted by molar-refractivity contribution is 8.56. The SMILES string of the molecule is CCCCC(CC)C[P+](=S)S. The van der Waals surface area contributed by atoms with E-state index in [2.05, 4.69) is 26.1 Å². The second kappa shape index (κ2) is 7.52. The maximum atomic E-state index is 5.10. The van der Waals surface area contributed by atoms with Crippen LogP contribution < -0.4 is 0 Å². The molecule has 0 aliphatic heterocycles. The zero-order valence-corrected chi connectivity index (χ0v) is 10.0. The van der Waals surface area contributed by atoms with Crippen molar-refractivity contribution in [1.29, 1.82) is 0 Å². The summed E-state index contributed by atoms with van der Waals surface area (Å²) in [6, 6.07) is 0. The molecule has 0 aromatic carbocycles. The largest absolute Gasteiger partial charge is 0.242 e. The van der Waals surface area contributed by atoms with Gasteiger partial charge in [0.05, 0.1) is 12.2 Å². The first kappa shape index (κ1) is 11.9. The van der Waals surface area contributed by atoms with Crippen molar-refractivity contribution in [1.82, 2.24) is 0 Å². The summed E-state index contributed by atoms with van der Waals surface area (Å²) in [4.78, 5) is 0. The molecule has 0 saturated carbocycles. The Morgan fingerprint density at radius 2 is 2.09 bits per heavy atom. The Bertz CT molecular complexity index is 115. The molecule has 0 aliphatic rings. The van der Waals surface area contributed by atoms with Crippen molar-refractivity contribution in [2.24, 2.45) is 5.92 Å². The maximum absolute atomic E-state index is 5.10. The molecule has 0 fully saturated rings. The lowest BCUT2D eigenvalue weighted by Crippen LogP contribution is -2.00. The van der Waals surface area contributed by atoms with Gasteiger partial charge in [-0.3, -0.25) is 0 Å². The van der Waals surface area contributed by atoms with E-state index in [1.807, 2.05) is 0 Å². The molecule has 3 heteroatoms. The second-order valence-electron chi connectivity index (χ2n) is 2.95. The van der Waals surface area contributed by atoms with Gasteiger partial charge in [0, 0.05) is 5.92 Å². The van der Waals surface area contributed by atoms with Gasteiger partial charge in [-0.15, -0.1) is 0 Å². The Morgan fingerprint density at radius 1 is 1.45 bits per heavy atom. The van der Waals surface area contributed by atoms with Crippen molar-refractivity contribution in [3.05, 3.63) is 0 Å². The highest BCUT2D eigenvalue weighted by Crippen LogP contribution is 2.32. The van der Waals surface area contributed by atoms with Gasteiger partial charge < -0.3 is 0 Å². The van der Waals surface area contributed by atoms with Gasteiger partial charge in [0.15, 0.2) is 11.8 Å². The third kappa shape index (κ3) is 7.24. The Balaban J connectivity index is 3.49. The first-order chi connectivity index (χ1) is 5.20. The second-order valence-corrected chi connectivity index (χ2v) is 7.60. The van der Waals surface area contributed by atoms with Crippen LogP contribution in [0, 0.1) is 5.92 Å². The monoisotopic (exact) mass is 209 g/mol. The van der Waals surface area contributed by atoms with Crippen LogP contribution >= 0.6 is 18.1 Å². The van der Waals surface area contributed by atoms with Crippen LogP contribution in [0.2, 0.25) is 0 Å². The minimum Gasteiger partial charge on any atom is -0.0654 e. The summed E-state index contributed by atoms with van der Waals surface area (Å²) in [5.74, 6) is 0.459. The Hall–Kier alpha value is 0.870. The first-order valence-electron chi connectivity index (χ1n) is 4.34. The zero-order valence-electron chi connectivity index (χ0n) is 7.42. The lowest BCUT2D eigenvalue weighted by Gasteiger charge is -2.07. The molecule has 0 aromatic rings. The molecule has 2 atom stereocenters. The minimum absolute atomic E-state index is 0.384. The fourth-order valence-corrected chi connectivity index (χ4v) is 3.35. The summed E-state index contributed by atoms with van der Waals surface area (Å²) in [7, 11) is 0. The predicted octanol–water partition coefficient (Wildman–Crippen LogP) is 3.99. The smallest absolute Gasteiger partial charge is 0.0654 e. The molecule has 0 radical (unpaired) electrons. The molecule has 0 nitrogen and oxygen atoms in total. The van der Waals surface area contributed by atoms with Crippen molar-refractivity contribution in [2.75, 3.05) is 6.16 Å². The Labute approximate surface area is 81.7 Å². The number of hydrogen-bond donors (Lipinski definition) is 1. The van der Waals surface area contributed by atoms with Gasteiger partial charge in [-0.2, -0.15) is 0 Å². The van der Waals surface area contributed by atoms with Gasteiger partial charge in [0.25, 0.3) is 0 Å². The molecular formula is C8H18PS2+. The van der Waals surface area contributed by atoms with Crippen LogP contribution in [0.25, 0.3) is 0 Å². The lowest BCUT2D eigenvalue weighted by atomic mass is 10.0. The third-order valence-corrected chi connectivity index (χ3v) is 3.72. The van der Waals surface area contributed by atoms with Crippen molar-refractivity contribution in [2.45, 2.75) is 39.5 Å². The van der Waals surface area contributed by atoms with Gasteiger partial charge in [-0.1, -0.05) is 26.7 Å². The van der Waals surface area contributed by atoms with Gasteiger partial charge in [-0.25, -0.2) is 0 Å². The molecule has 0 rings (SSSR count). The normalized spacial score (nSPS) is 14.6. The number of rotatable bonds is 6. The summed E-state index contributed by atoms with van der Waals surface area (Å²) >= 11 is 9.39. The maximum Gasteiger partial charge on any atom is 0.242 e. The molecule has 0 aliphatic carbocycles. The van der Waals surface area contributed by atoms with Crippen molar-refractivity contribution < 1.29 is 0 Å². The zero-order chi connectivity index (χ0) is 8.69. The average molecular weight is 209 g/mol. The summed E-state index contributed by atoms with van der Waals surface area (Å²) in [5, 5.41) is 0. The van der Waals surface area contributed by atoms with Crippen LogP contribution in [0.1, 0.15) is 39.5 Å². The number of hydrogen-bond acceptors (Lipinski definition) is 1. The number of unbranched alkanes of at least 4 members (excludes halogenated alkanes) is 1. The van der Waals surface area contributed by atoms with E-state index in [1.54, 1.807) is 0 Å². The molecule has 66 valence electrons. The third-order valence-electron chi connectivity index (χ3n) is 1.96. The van der Waals surface area contributed by atoms with E-state index in [0.717, 1.165) is 5.92 Å². The van der Waals surface area contributed by atoms with Crippen molar-refractivity contribution in [3.8, 4) is 0 Å². The molecule has 0 bridgehead atoms. The van der Waals surface area contributed by atoms with Gasteiger partial charge in [-0.05, 0) is 12.8 Å².